The lowest BCUT2D eigenvalue weighted by Crippen LogP contribution is -2.49. The maximum absolute atomic E-state index is 12.3. The Balaban J connectivity index is 2.03. The normalized spacial score (nSPS) is 15.6. The first kappa shape index (κ1) is 27.5. The van der Waals surface area contributed by atoms with E-state index in [1.807, 2.05) is 4.90 Å². The summed E-state index contributed by atoms with van der Waals surface area (Å²) in [6, 6.07) is 0. The fraction of sp³-hybridized carbons (Fsp3) is 0.864. The van der Waals surface area contributed by atoms with E-state index in [9.17, 15) is 14.4 Å². The van der Waals surface area contributed by atoms with Gasteiger partial charge in [-0.3, -0.25) is 19.3 Å². The van der Waals surface area contributed by atoms with Crippen LogP contribution in [0.4, 0.5) is 0 Å². The van der Waals surface area contributed by atoms with E-state index in [0.717, 1.165) is 25.9 Å². The molecule has 1 rings (SSSR count). The Bertz CT molecular complexity index is 523. The van der Waals surface area contributed by atoms with Crippen molar-refractivity contribution in [3.8, 4) is 0 Å². The van der Waals surface area contributed by atoms with Crippen LogP contribution in [0.5, 0.6) is 0 Å². The van der Waals surface area contributed by atoms with Crippen LogP contribution >= 0.6 is 0 Å². The average molecular weight is 444 g/mol. The molecular weight excluding hydrogens is 402 g/mol. The van der Waals surface area contributed by atoms with Crippen LogP contribution in [0, 0.1) is 5.92 Å². The van der Waals surface area contributed by atoms with Gasteiger partial charge < -0.3 is 24.4 Å². The molecule has 1 aliphatic heterocycles. The lowest BCUT2D eigenvalue weighted by Gasteiger charge is -2.34. The fourth-order valence-electron chi connectivity index (χ4n) is 3.50. The molecule has 31 heavy (non-hydrogen) atoms. The van der Waals surface area contributed by atoms with Gasteiger partial charge in [-0.1, -0.05) is 0 Å². The first-order chi connectivity index (χ1) is 15.0. The number of rotatable bonds is 17. The summed E-state index contributed by atoms with van der Waals surface area (Å²) in [6.07, 6.45) is 2.93. The second kappa shape index (κ2) is 17.1. The molecule has 0 bridgehead atoms. The molecule has 1 N–H and O–H groups in total. The summed E-state index contributed by atoms with van der Waals surface area (Å²) in [5.41, 5.74) is 0. The van der Waals surface area contributed by atoms with Crippen molar-refractivity contribution in [2.75, 3.05) is 79.9 Å². The minimum absolute atomic E-state index is 0.0311. The van der Waals surface area contributed by atoms with Crippen molar-refractivity contribution in [2.24, 2.45) is 5.92 Å². The van der Waals surface area contributed by atoms with Crippen molar-refractivity contribution in [1.29, 1.82) is 0 Å². The molecule has 0 aromatic carbocycles. The number of piperazine rings is 1. The zero-order valence-electron chi connectivity index (χ0n) is 19.5. The molecule has 9 heteroatoms. The van der Waals surface area contributed by atoms with E-state index < -0.39 is 0 Å². The average Bonchev–Trinajstić information content (AvgIpc) is 2.74. The molecule has 0 saturated carbocycles. The quantitative estimate of drug-likeness (QED) is 0.331. The highest BCUT2D eigenvalue weighted by molar-refractivity contribution is 5.79. The fourth-order valence-corrected chi connectivity index (χ4v) is 3.50. The van der Waals surface area contributed by atoms with Crippen LogP contribution in [-0.4, -0.2) is 107 Å². The number of carbonyl (C=O) groups is 3. The number of nitrogens with one attached hydrogen (secondary N) is 1. The summed E-state index contributed by atoms with van der Waals surface area (Å²) in [5, 5.41) is 2.88. The largest absolute Gasteiger partial charge is 0.385 e. The number of Topliss-reactive ketones (excluding diaryl/α,β-unsaturated/α-hetero) is 1. The number of nitrogens with zero attached hydrogens (tertiary/aromatic N) is 2. The summed E-state index contributed by atoms with van der Waals surface area (Å²) >= 11 is 0. The summed E-state index contributed by atoms with van der Waals surface area (Å²) in [6.45, 7) is 7.89. The Morgan fingerprint density at radius 3 is 2.32 bits per heavy atom. The molecule has 1 aliphatic rings. The maximum atomic E-state index is 12.3. The molecule has 1 fully saturated rings. The van der Waals surface area contributed by atoms with Gasteiger partial charge in [-0.2, -0.15) is 0 Å². The molecule has 1 unspecified atom stereocenters. The number of carbonyl (C=O) groups excluding carboxylic acids is 3. The topological polar surface area (TPSA) is 97.4 Å². The lowest BCUT2D eigenvalue weighted by atomic mass is 10.1. The van der Waals surface area contributed by atoms with E-state index in [4.69, 9.17) is 14.2 Å². The molecule has 9 nitrogen and oxygen atoms in total. The van der Waals surface area contributed by atoms with Crippen molar-refractivity contribution in [2.45, 2.75) is 39.0 Å². The number of hydrogen-bond acceptors (Lipinski definition) is 7. The third kappa shape index (κ3) is 13.5. The highest BCUT2D eigenvalue weighted by Gasteiger charge is 2.21. The van der Waals surface area contributed by atoms with Crippen molar-refractivity contribution in [3.63, 3.8) is 0 Å². The van der Waals surface area contributed by atoms with Crippen LogP contribution in [0.2, 0.25) is 0 Å². The van der Waals surface area contributed by atoms with Gasteiger partial charge >= 0.3 is 0 Å². The molecule has 2 amide bonds. The third-order valence-electron chi connectivity index (χ3n) is 5.24. The van der Waals surface area contributed by atoms with Crippen LogP contribution in [0.25, 0.3) is 0 Å². The molecule has 1 heterocycles. The van der Waals surface area contributed by atoms with E-state index in [1.54, 1.807) is 21.1 Å². The molecule has 0 aliphatic carbocycles. The van der Waals surface area contributed by atoms with Crippen LogP contribution < -0.4 is 5.32 Å². The highest BCUT2D eigenvalue weighted by atomic mass is 16.5. The molecule has 0 aromatic rings. The van der Waals surface area contributed by atoms with Crippen LogP contribution in [0.3, 0.4) is 0 Å². The monoisotopic (exact) mass is 443 g/mol. The number of ether oxygens (including phenoxy) is 3. The summed E-state index contributed by atoms with van der Waals surface area (Å²) in [5.74, 6) is 0.517. The van der Waals surface area contributed by atoms with E-state index >= 15 is 0 Å². The van der Waals surface area contributed by atoms with Crippen molar-refractivity contribution < 1.29 is 28.6 Å². The predicted molar refractivity (Wildman–Crippen MR) is 118 cm³/mol. The standard InChI is InChI=1S/C22H41N3O6/c1-19(26)16-24-10-12-25(13-11-24)22(28)7-4-6-21(27)23-9-5-14-31-18-20(17-30-3)8-15-29-2/h20H,4-18H2,1-3H3,(H,23,27). The zero-order chi connectivity index (χ0) is 22.9. The molecular formula is C22H41N3O6. The van der Waals surface area contributed by atoms with Gasteiger partial charge in [-0.15, -0.1) is 0 Å². The molecule has 0 radical (unpaired) electrons. The molecule has 0 spiro atoms. The smallest absolute Gasteiger partial charge is 0.222 e. The second-order valence-electron chi connectivity index (χ2n) is 8.09. The van der Waals surface area contributed by atoms with Gasteiger partial charge in [0.25, 0.3) is 0 Å². The second-order valence-corrected chi connectivity index (χ2v) is 8.09. The Labute approximate surface area is 186 Å². The van der Waals surface area contributed by atoms with Gasteiger partial charge in [0, 0.05) is 78.9 Å². The van der Waals surface area contributed by atoms with Gasteiger partial charge in [0.15, 0.2) is 0 Å². The van der Waals surface area contributed by atoms with Crippen LogP contribution in [-0.2, 0) is 28.6 Å². The van der Waals surface area contributed by atoms with Gasteiger partial charge in [0.1, 0.15) is 5.78 Å². The van der Waals surface area contributed by atoms with Gasteiger partial charge in [0.05, 0.1) is 19.8 Å². The summed E-state index contributed by atoms with van der Waals surface area (Å²) in [4.78, 5) is 39.3. The minimum Gasteiger partial charge on any atom is -0.385 e. The predicted octanol–water partition coefficient (Wildman–Crippen LogP) is 0.712. The first-order valence-corrected chi connectivity index (χ1v) is 11.3. The molecule has 1 atom stereocenters. The molecule has 0 aromatic heterocycles. The van der Waals surface area contributed by atoms with Crippen molar-refractivity contribution >= 4 is 17.6 Å². The Morgan fingerprint density at radius 1 is 0.935 bits per heavy atom. The number of hydrogen-bond donors (Lipinski definition) is 1. The van der Waals surface area contributed by atoms with Gasteiger partial charge in [0.2, 0.25) is 11.8 Å². The minimum atomic E-state index is -0.0311. The first-order valence-electron chi connectivity index (χ1n) is 11.3. The lowest BCUT2D eigenvalue weighted by molar-refractivity contribution is -0.133. The van der Waals surface area contributed by atoms with Gasteiger partial charge in [-0.25, -0.2) is 0 Å². The van der Waals surface area contributed by atoms with E-state index in [-0.39, 0.29) is 17.6 Å². The maximum Gasteiger partial charge on any atom is 0.222 e. The number of methoxy groups -OCH3 is 2. The van der Waals surface area contributed by atoms with Crippen molar-refractivity contribution in [1.82, 2.24) is 15.1 Å². The van der Waals surface area contributed by atoms with E-state index in [2.05, 4.69) is 10.2 Å². The summed E-state index contributed by atoms with van der Waals surface area (Å²) in [7, 11) is 3.36. The molecule has 180 valence electrons. The third-order valence-corrected chi connectivity index (χ3v) is 5.24. The highest BCUT2D eigenvalue weighted by Crippen LogP contribution is 2.07. The van der Waals surface area contributed by atoms with Crippen LogP contribution in [0.15, 0.2) is 0 Å². The van der Waals surface area contributed by atoms with Crippen molar-refractivity contribution in [3.05, 3.63) is 0 Å². The Morgan fingerprint density at radius 2 is 1.68 bits per heavy atom. The summed E-state index contributed by atoms with van der Waals surface area (Å²) < 4.78 is 16.0. The molecule has 1 saturated heterocycles. The number of ketones is 1. The SMILES string of the molecule is COCCC(COC)COCCCNC(=O)CCCC(=O)N1CCN(CC(C)=O)CC1. The number of amides is 2. The van der Waals surface area contributed by atoms with Gasteiger partial charge in [-0.05, 0) is 26.2 Å². The Hall–Kier alpha value is -1.55. The Kier molecular flexibility index (Phi) is 15.1. The van der Waals surface area contributed by atoms with E-state index in [0.29, 0.717) is 77.8 Å². The van der Waals surface area contributed by atoms with E-state index in [1.165, 1.54) is 0 Å². The zero-order valence-corrected chi connectivity index (χ0v) is 19.5. The van der Waals surface area contributed by atoms with Crippen LogP contribution in [0.1, 0.15) is 39.0 Å².